The zero-order chi connectivity index (χ0) is 13.8. The molecular formula is C16H25ClN2O. The molecule has 4 heteroatoms. The normalized spacial score (nSPS) is 24.6. The Kier molecular flexibility index (Phi) is 6.50. The van der Waals surface area contributed by atoms with E-state index in [9.17, 15) is 4.79 Å². The van der Waals surface area contributed by atoms with Crippen molar-refractivity contribution in [2.45, 2.75) is 51.1 Å². The van der Waals surface area contributed by atoms with Crippen LogP contribution >= 0.6 is 12.4 Å². The number of nitrogens with one attached hydrogen (secondary N) is 1. The largest absolute Gasteiger partial charge is 0.353 e. The van der Waals surface area contributed by atoms with Gasteiger partial charge in [0.15, 0.2) is 0 Å². The third-order valence-corrected chi connectivity index (χ3v) is 4.29. The van der Waals surface area contributed by atoms with Crippen LogP contribution in [0.5, 0.6) is 0 Å². The molecule has 20 heavy (non-hydrogen) atoms. The van der Waals surface area contributed by atoms with Crippen LogP contribution in [-0.2, 0) is 4.79 Å². The van der Waals surface area contributed by atoms with E-state index in [4.69, 9.17) is 5.73 Å². The smallest absolute Gasteiger partial charge is 0.223 e. The Hall–Kier alpha value is -1.06. The van der Waals surface area contributed by atoms with Crippen molar-refractivity contribution in [3.63, 3.8) is 0 Å². The first-order valence-electron chi connectivity index (χ1n) is 7.19. The van der Waals surface area contributed by atoms with Gasteiger partial charge < -0.3 is 11.1 Å². The molecule has 1 amide bonds. The fourth-order valence-electron chi connectivity index (χ4n) is 2.77. The van der Waals surface area contributed by atoms with Gasteiger partial charge in [-0.05, 0) is 31.7 Å². The summed E-state index contributed by atoms with van der Waals surface area (Å²) in [5.41, 5.74) is 7.13. The average molecular weight is 297 g/mol. The van der Waals surface area contributed by atoms with Crippen LogP contribution in [0.15, 0.2) is 30.3 Å². The lowest BCUT2D eigenvalue weighted by Crippen LogP contribution is -2.39. The molecule has 0 aliphatic heterocycles. The summed E-state index contributed by atoms with van der Waals surface area (Å²) in [6.45, 7) is 4.23. The summed E-state index contributed by atoms with van der Waals surface area (Å²) in [6, 6.07) is 10.7. The molecule has 0 radical (unpaired) electrons. The summed E-state index contributed by atoms with van der Waals surface area (Å²) in [5, 5.41) is 3.15. The average Bonchev–Trinajstić information content (AvgIpc) is 2.85. The minimum Gasteiger partial charge on any atom is -0.353 e. The molecule has 3 N–H and O–H groups in total. The lowest BCUT2D eigenvalue weighted by molar-refractivity contribution is -0.125. The van der Waals surface area contributed by atoms with Crippen LogP contribution in [-0.4, -0.2) is 18.0 Å². The molecule has 1 aromatic carbocycles. The van der Waals surface area contributed by atoms with Crippen LogP contribution in [0.3, 0.4) is 0 Å². The Morgan fingerprint density at radius 2 is 1.90 bits per heavy atom. The number of halogens is 1. The van der Waals surface area contributed by atoms with Gasteiger partial charge in [-0.3, -0.25) is 4.79 Å². The highest BCUT2D eigenvalue weighted by Crippen LogP contribution is 2.25. The van der Waals surface area contributed by atoms with Crippen LogP contribution in [0.4, 0.5) is 0 Å². The highest BCUT2D eigenvalue weighted by molar-refractivity contribution is 5.85. The Bertz CT molecular complexity index is 424. The molecule has 4 unspecified atom stereocenters. The lowest BCUT2D eigenvalue weighted by atomic mass is 9.94. The predicted octanol–water partition coefficient (Wildman–Crippen LogP) is 2.84. The molecular weight excluding hydrogens is 272 g/mol. The maximum absolute atomic E-state index is 12.2. The quantitative estimate of drug-likeness (QED) is 0.897. The molecule has 1 aliphatic rings. The minimum absolute atomic E-state index is 0. The third-order valence-electron chi connectivity index (χ3n) is 4.29. The maximum Gasteiger partial charge on any atom is 0.223 e. The topological polar surface area (TPSA) is 55.1 Å². The van der Waals surface area contributed by atoms with Crippen molar-refractivity contribution in [3.05, 3.63) is 35.9 Å². The van der Waals surface area contributed by atoms with Crippen molar-refractivity contribution in [2.24, 2.45) is 11.7 Å². The molecule has 0 heterocycles. The fourth-order valence-corrected chi connectivity index (χ4v) is 2.77. The molecule has 112 valence electrons. The van der Waals surface area contributed by atoms with E-state index < -0.39 is 0 Å². The summed E-state index contributed by atoms with van der Waals surface area (Å²) in [5.74, 6) is 0.601. The van der Waals surface area contributed by atoms with E-state index in [0.717, 1.165) is 19.3 Å². The van der Waals surface area contributed by atoms with Crippen LogP contribution in [0, 0.1) is 5.92 Å². The molecule has 0 aromatic heterocycles. The lowest BCUT2D eigenvalue weighted by Gasteiger charge is -2.23. The summed E-state index contributed by atoms with van der Waals surface area (Å²) in [4.78, 5) is 12.2. The van der Waals surface area contributed by atoms with Crippen molar-refractivity contribution in [3.8, 4) is 0 Å². The molecule has 0 bridgehead atoms. The third kappa shape index (κ3) is 4.22. The fraction of sp³-hybridized carbons (Fsp3) is 0.562. The first-order valence-corrected chi connectivity index (χ1v) is 7.19. The van der Waals surface area contributed by atoms with E-state index in [1.165, 1.54) is 5.56 Å². The second-order valence-corrected chi connectivity index (χ2v) is 5.77. The van der Waals surface area contributed by atoms with Gasteiger partial charge in [0.2, 0.25) is 5.91 Å². The van der Waals surface area contributed by atoms with Gasteiger partial charge in [-0.2, -0.15) is 0 Å². The summed E-state index contributed by atoms with van der Waals surface area (Å²) in [7, 11) is 0. The first kappa shape index (κ1) is 17.0. The molecule has 1 fully saturated rings. The monoisotopic (exact) mass is 296 g/mol. The number of benzene rings is 1. The van der Waals surface area contributed by atoms with Gasteiger partial charge in [0.25, 0.3) is 0 Å². The molecule has 1 aromatic rings. The Labute approximate surface area is 127 Å². The summed E-state index contributed by atoms with van der Waals surface area (Å²) in [6.07, 6.45) is 2.73. The second kappa shape index (κ2) is 7.65. The first-order chi connectivity index (χ1) is 9.08. The van der Waals surface area contributed by atoms with Crippen LogP contribution in [0.2, 0.25) is 0 Å². The van der Waals surface area contributed by atoms with Gasteiger partial charge in [-0.15, -0.1) is 12.4 Å². The van der Waals surface area contributed by atoms with Gasteiger partial charge in [0.1, 0.15) is 0 Å². The van der Waals surface area contributed by atoms with Crippen molar-refractivity contribution in [2.75, 3.05) is 0 Å². The summed E-state index contributed by atoms with van der Waals surface area (Å²) >= 11 is 0. The van der Waals surface area contributed by atoms with Gasteiger partial charge in [0, 0.05) is 23.9 Å². The number of hydrogen-bond acceptors (Lipinski definition) is 2. The number of rotatable bonds is 4. The molecule has 0 saturated heterocycles. The zero-order valence-corrected chi connectivity index (χ0v) is 13.0. The van der Waals surface area contributed by atoms with E-state index in [1.807, 2.05) is 18.2 Å². The Morgan fingerprint density at radius 1 is 1.25 bits per heavy atom. The Morgan fingerprint density at radius 3 is 2.45 bits per heavy atom. The van der Waals surface area contributed by atoms with Crippen molar-refractivity contribution in [1.82, 2.24) is 5.32 Å². The van der Waals surface area contributed by atoms with Crippen molar-refractivity contribution >= 4 is 18.3 Å². The van der Waals surface area contributed by atoms with E-state index in [2.05, 4.69) is 31.3 Å². The standard InChI is InChI=1S/C16H24N2O.ClH/c1-11(13-6-4-3-5-7-13)12(2)18-16(19)14-8-9-15(17)10-14;/h3-7,11-12,14-15H,8-10,17H2,1-2H3,(H,18,19);1H. The number of nitrogens with two attached hydrogens (primary N) is 1. The van der Waals surface area contributed by atoms with Crippen molar-refractivity contribution in [1.29, 1.82) is 0 Å². The molecule has 2 rings (SSSR count). The van der Waals surface area contributed by atoms with Crippen LogP contribution < -0.4 is 11.1 Å². The Balaban J connectivity index is 0.00000200. The van der Waals surface area contributed by atoms with Crippen molar-refractivity contribution < 1.29 is 4.79 Å². The van der Waals surface area contributed by atoms with Gasteiger partial charge in [0.05, 0.1) is 0 Å². The zero-order valence-electron chi connectivity index (χ0n) is 12.2. The number of hydrogen-bond donors (Lipinski definition) is 2. The molecule has 3 nitrogen and oxygen atoms in total. The summed E-state index contributed by atoms with van der Waals surface area (Å²) < 4.78 is 0. The van der Waals surface area contributed by atoms with Gasteiger partial charge in [-0.25, -0.2) is 0 Å². The predicted molar refractivity (Wildman–Crippen MR) is 85.0 cm³/mol. The van der Waals surface area contributed by atoms with Gasteiger partial charge in [-0.1, -0.05) is 37.3 Å². The second-order valence-electron chi connectivity index (χ2n) is 5.77. The highest BCUT2D eigenvalue weighted by Gasteiger charge is 2.29. The highest BCUT2D eigenvalue weighted by atomic mass is 35.5. The molecule has 0 spiro atoms. The SMILES string of the molecule is CC(NC(=O)C1CCC(N)C1)C(C)c1ccccc1.Cl. The molecule has 4 atom stereocenters. The number of carbonyl (C=O) groups excluding carboxylic acids is 1. The van der Waals surface area contributed by atoms with Crippen LogP contribution in [0.1, 0.15) is 44.6 Å². The number of carbonyl (C=O) groups is 1. The minimum atomic E-state index is 0. The van der Waals surface area contributed by atoms with Crippen LogP contribution in [0.25, 0.3) is 0 Å². The van der Waals surface area contributed by atoms with E-state index in [-0.39, 0.29) is 36.3 Å². The van der Waals surface area contributed by atoms with Gasteiger partial charge >= 0.3 is 0 Å². The molecule has 1 aliphatic carbocycles. The van der Waals surface area contributed by atoms with E-state index in [1.54, 1.807) is 0 Å². The van der Waals surface area contributed by atoms with E-state index in [0.29, 0.717) is 5.92 Å². The van der Waals surface area contributed by atoms with E-state index >= 15 is 0 Å². The maximum atomic E-state index is 12.2. The number of amides is 1. The molecule has 1 saturated carbocycles.